The Labute approximate surface area is 129 Å². The molecule has 0 fully saturated rings. The van der Waals surface area contributed by atoms with Crippen molar-refractivity contribution in [1.82, 2.24) is 15.3 Å². The molecule has 0 radical (unpaired) electrons. The third kappa shape index (κ3) is 5.00. The monoisotopic (exact) mass is 302 g/mol. The number of aryl methyl sites for hydroxylation is 1. The maximum absolute atomic E-state index is 5.71. The van der Waals surface area contributed by atoms with Crippen LogP contribution in [0.15, 0.2) is 36.4 Å². The van der Waals surface area contributed by atoms with Gasteiger partial charge in [-0.3, -0.25) is 0 Å². The molecule has 2 N–H and O–H groups in total. The first kappa shape index (κ1) is 15.2. The standard InChI is InChI=1S/C15H18N4OS/c1-10(2)16-15(21)19-14-17-11(3)9-13(18-14)20-12-7-5-4-6-8-12/h4-10H,1-3H3,(H2,16,17,18,19,21). The van der Waals surface area contributed by atoms with Crippen LogP contribution in [0.25, 0.3) is 0 Å². The van der Waals surface area contributed by atoms with Crippen molar-refractivity contribution in [2.45, 2.75) is 26.8 Å². The highest BCUT2D eigenvalue weighted by molar-refractivity contribution is 7.80. The van der Waals surface area contributed by atoms with Gasteiger partial charge in [0, 0.05) is 17.8 Å². The highest BCUT2D eigenvalue weighted by Gasteiger charge is 2.06. The lowest BCUT2D eigenvalue weighted by Crippen LogP contribution is -2.34. The molecule has 1 aromatic carbocycles. The first-order chi connectivity index (χ1) is 10.0. The van der Waals surface area contributed by atoms with Gasteiger partial charge in [0.2, 0.25) is 11.8 Å². The van der Waals surface area contributed by atoms with Crippen molar-refractivity contribution in [3.8, 4) is 11.6 Å². The molecule has 0 unspecified atom stereocenters. The molecular weight excluding hydrogens is 284 g/mol. The molecule has 1 heterocycles. The molecular formula is C15H18N4OS. The number of ether oxygens (including phenoxy) is 1. The predicted molar refractivity (Wildman–Crippen MR) is 87.8 cm³/mol. The van der Waals surface area contributed by atoms with Crippen molar-refractivity contribution in [3.63, 3.8) is 0 Å². The Morgan fingerprint density at radius 1 is 1.19 bits per heavy atom. The van der Waals surface area contributed by atoms with Crippen molar-refractivity contribution in [2.75, 3.05) is 5.32 Å². The van der Waals surface area contributed by atoms with Gasteiger partial charge in [0.1, 0.15) is 5.75 Å². The number of rotatable bonds is 4. The van der Waals surface area contributed by atoms with Crippen molar-refractivity contribution in [2.24, 2.45) is 0 Å². The van der Waals surface area contributed by atoms with E-state index in [4.69, 9.17) is 17.0 Å². The van der Waals surface area contributed by atoms with Crippen LogP contribution < -0.4 is 15.4 Å². The van der Waals surface area contributed by atoms with Gasteiger partial charge in [-0.15, -0.1) is 0 Å². The molecule has 2 aromatic rings. The molecule has 1 aromatic heterocycles. The lowest BCUT2D eigenvalue weighted by Gasteiger charge is -2.13. The van der Waals surface area contributed by atoms with Crippen LogP contribution in [0.1, 0.15) is 19.5 Å². The van der Waals surface area contributed by atoms with Crippen LogP contribution in [0.2, 0.25) is 0 Å². The molecule has 5 nitrogen and oxygen atoms in total. The van der Waals surface area contributed by atoms with E-state index in [9.17, 15) is 0 Å². The summed E-state index contributed by atoms with van der Waals surface area (Å²) in [6.07, 6.45) is 0. The van der Waals surface area contributed by atoms with E-state index in [1.54, 1.807) is 6.07 Å². The number of nitrogens with zero attached hydrogens (tertiary/aromatic N) is 2. The summed E-state index contributed by atoms with van der Waals surface area (Å²) in [6.45, 7) is 5.90. The Kier molecular flexibility index (Phi) is 5.05. The quantitative estimate of drug-likeness (QED) is 0.845. The van der Waals surface area contributed by atoms with Gasteiger partial charge in [0.05, 0.1) is 0 Å². The van der Waals surface area contributed by atoms with Gasteiger partial charge in [0.15, 0.2) is 5.11 Å². The SMILES string of the molecule is Cc1cc(Oc2ccccc2)nc(NC(=S)NC(C)C)n1. The summed E-state index contributed by atoms with van der Waals surface area (Å²) in [6, 6.07) is 11.5. The van der Waals surface area contributed by atoms with Crippen LogP contribution in [0.4, 0.5) is 5.95 Å². The fourth-order valence-corrected chi connectivity index (χ4v) is 1.98. The van der Waals surface area contributed by atoms with Gasteiger partial charge in [-0.25, -0.2) is 4.98 Å². The number of benzene rings is 1. The first-order valence-electron chi connectivity index (χ1n) is 6.69. The van der Waals surface area contributed by atoms with Crippen molar-refractivity contribution in [3.05, 3.63) is 42.1 Å². The minimum absolute atomic E-state index is 0.245. The van der Waals surface area contributed by atoms with E-state index < -0.39 is 0 Å². The number of anilines is 1. The van der Waals surface area contributed by atoms with Gasteiger partial charge < -0.3 is 15.4 Å². The number of hydrogen-bond donors (Lipinski definition) is 2. The second-order valence-corrected chi connectivity index (χ2v) is 5.25. The average molecular weight is 302 g/mol. The maximum Gasteiger partial charge on any atom is 0.232 e. The highest BCUT2D eigenvalue weighted by atomic mass is 32.1. The van der Waals surface area contributed by atoms with E-state index in [1.807, 2.05) is 51.1 Å². The predicted octanol–water partition coefficient (Wildman–Crippen LogP) is 3.27. The van der Waals surface area contributed by atoms with Crippen LogP contribution in [0, 0.1) is 6.92 Å². The zero-order chi connectivity index (χ0) is 15.2. The van der Waals surface area contributed by atoms with Crippen LogP contribution >= 0.6 is 12.2 Å². The van der Waals surface area contributed by atoms with Crippen LogP contribution in [0.5, 0.6) is 11.6 Å². The Morgan fingerprint density at radius 3 is 2.57 bits per heavy atom. The summed E-state index contributed by atoms with van der Waals surface area (Å²) in [5.41, 5.74) is 0.797. The minimum atomic E-state index is 0.245. The van der Waals surface area contributed by atoms with Crippen molar-refractivity contribution < 1.29 is 4.74 Å². The molecule has 0 bridgehead atoms. The number of hydrogen-bond acceptors (Lipinski definition) is 4. The third-order valence-electron chi connectivity index (χ3n) is 2.44. The fraction of sp³-hybridized carbons (Fsp3) is 0.267. The Bertz CT molecular complexity index is 616. The van der Waals surface area contributed by atoms with Gasteiger partial charge in [0.25, 0.3) is 0 Å². The summed E-state index contributed by atoms with van der Waals surface area (Å²) in [7, 11) is 0. The molecule has 0 spiro atoms. The van der Waals surface area contributed by atoms with E-state index in [0.717, 1.165) is 11.4 Å². The second-order valence-electron chi connectivity index (χ2n) is 4.84. The normalized spacial score (nSPS) is 10.3. The largest absolute Gasteiger partial charge is 0.439 e. The summed E-state index contributed by atoms with van der Waals surface area (Å²) in [5, 5.41) is 6.53. The van der Waals surface area contributed by atoms with Crippen molar-refractivity contribution in [1.29, 1.82) is 0 Å². The summed E-state index contributed by atoms with van der Waals surface area (Å²) >= 11 is 5.19. The number of para-hydroxylation sites is 1. The van der Waals surface area contributed by atoms with Gasteiger partial charge in [-0.2, -0.15) is 4.98 Å². The molecule has 6 heteroatoms. The average Bonchev–Trinajstić information content (AvgIpc) is 2.37. The molecule has 0 aliphatic heterocycles. The Balaban J connectivity index is 2.12. The van der Waals surface area contributed by atoms with Crippen LogP contribution in [-0.2, 0) is 0 Å². The lowest BCUT2D eigenvalue weighted by atomic mass is 10.3. The number of nitrogens with one attached hydrogen (secondary N) is 2. The summed E-state index contributed by atoms with van der Waals surface area (Å²) in [5.74, 6) is 1.62. The van der Waals surface area contributed by atoms with E-state index in [-0.39, 0.29) is 6.04 Å². The molecule has 0 aliphatic carbocycles. The van der Waals surface area contributed by atoms with Gasteiger partial charge >= 0.3 is 0 Å². The van der Waals surface area contributed by atoms with E-state index in [0.29, 0.717) is 16.9 Å². The number of aromatic nitrogens is 2. The van der Waals surface area contributed by atoms with E-state index >= 15 is 0 Å². The van der Waals surface area contributed by atoms with Gasteiger partial charge in [-0.1, -0.05) is 18.2 Å². The minimum Gasteiger partial charge on any atom is -0.439 e. The topological polar surface area (TPSA) is 59.1 Å². The Hall–Kier alpha value is -2.21. The molecule has 0 aliphatic rings. The molecule has 0 amide bonds. The molecule has 0 saturated carbocycles. The highest BCUT2D eigenvalue weighted by Crippen LogP contribution is 2.20. The summed E-state index contributed by atoms with van der Waals surface area (Å²) in [4.78, 5) is 8.60. The lowest BCUT2D eigenvalue weighted by molar-refractivity contribution is 0.462. The molecule has 2 rings (SSSR count). The fourth-order valence-electron chi connectivity index (χ4n) is 1.66. The molecule has 0 saturated heterocycles. The maximum atomic E-state index is 5.71. The van der Waals surface area contributed by atoms with E-state index in [1.165, 1.54) is 0 Å². The zero-order valence-corrected chi connectivity index (χ0v) is 13.1. The Morgan fingerprint density at radius 2 is 1.90 bits per heavy atom. The first-order valence-corrected chi connectivity index (χ1v) is 7.10. The molecule has 110 valence electrons. The van der Waals surface area contributed by atoms with Crippen LogP contribution in [0.3, 0.4) is 0 Å². The third-order valence-corrected chi connectivity index (χ3v) is 2.66. The zero-order valence-electron chi connectivity index (χ0n) is 12.3. The van der Waals surface area contributed by atoms with Gasteiger partial charge in [-0.05, 0) is 45.1 Å². The van der Waals surface area contributed by atoms with Crippen LogP contribution in [-0.4, -0.2) is 21.1 Å². The summed E-state index contributed by atoms with van der Waals surface area (Å²) < 4.78 is 5.71. The molecule has 21 heavy (non-hydrogen) atoms. The van der Waals surface area contributed by atoms with Crippen molar-refractivity contribution >= 4 is 23.3 Å². The molecule has 0 atom stereocenters. The second kappa shape index (κ2) is 6.99. The smallest absolute Gasteiger partial charge is 0.232 e. The number of thiocarbonyl (C=S) groups is 1. The van der Waals surface area contributed by atoms with E-state index in [2.05, 4.69) is 20.6 Å².